The Morgan fingerprint density at radius 3 is 2.64 bits per heavy atom. The van der Waals surface area contributed by atoms with E-state index in [1.165, 1.54) is 0 Å². The number of anilines is 1. The monoisotopic (exact) mass is 197 g/mol. The molecule has 0 aromatic heterocycles. The molecule has 74 valence electrons. The van der Waals surface area contributed by atoms with Gasteiger partial charge in [0.05, 0.1) is 10.5 Å². The van der Waals surface area contributed by atoms with Crippen LogP contribution >= 0.6 is 0 Å². The first-order chi connectivity index (χ1) is 6.56. The van der Waals surface area contributed by atoms with Crippen LogP contribution in [0.1, 0.15) is 10.4 Å². The summed E-state index contributed by atoms with van der Waals surface area (Å²) in [6.07, 6.45) is 0. The van der Waals surface area contributed by atoms with Crippen molar-refractivity contribution in [3.63, 3.8) is 0 Å². The first-order valence-corrected chi connectivity index (χ1v) is 3.54. The predicted molar refractivity (Wildman–Crippen MR) is 47.9 cm³/mol. The Labute approximate surface area is 78.3 Å². The molecule has 0 atom stereocenters. The van der Waals surface area contributed by atoms with Crippen LogP contribution in [0.4, 0.5) is 11.4 Å². The molecular weight excluding hydrogens is 190 g/mol. The summed E-state index contributed by atoms with van der Waals surface area (Å²) in [5.74, 6) is 3.84. The number of nitrogens with zero attached hydrogens (tertiary/aromatic N) is 1. The maximum atomic E-state index is 10.5. The minimum absolute atomic E-state index is 0.0325. The van der Waals surface area contributed by atoms with Crippen molar-refractivity contribution >= 4 is 17.3 Å². The molecule has 0 bridgehead atoms. The van der Waals surface area contributed by atoms with Gasteiger partial charge in [-0.2, -0.15) is 0 Å². The highest BCUT2D eigenvalue weighted by molar-refractivity contribution is 5.89. The third-order valence-electron chi connectivity index (χ3n) is 1.60. The van der Waals surface area contributed by atoms with E-state index < -0.39 is 10.9 Å². The average molecular weight is 197 g/mol. The Morgan fingerprint density at radius 2 is 2.21 bits per heavy atom. The first kappa shape index (κ1) is 9.93. The predicted octanol–water partition coefficient (Wildman–Crippen LogP) is 0.579. The van der Waals surface area contributed by atoms with Crippen LogP contribution in [0.3, 0.4) is 0 Å². The molecule has 0 unspecified atom stereocenters. The van der Waals surface area contributed by atoms with Crippen LogP contribution in [0.5, 0.6) is 0 Å². The number of aromatic carboxylic acids is 1. The number of nitrogens with two attached hydrogens (primary N) is 1. The highest BCUT2D eigenvalue weighted by Gasteiger charge is 2.15. The summed E-state index contributed by atoms with van der Waals surface area (Å²) < 4.78 is 0. The third kappa shape index (κ3) is 1.77. The Bertz CT molecular complexity index is 391. The molecule has 7 nitrogen and oxygen atoms in total. The van der Waals surface area contributed by atoms with Crippen LogP contribution in [-0.4, -0.2) is 16.0 Å². The van der Waals surface area contributed by atoms with Crippen LogP contribution in [0, 0.1) is 10.1 Å². The molecule has 14 heavy (non-hydrogen) atoms. The lowest BCUT2D eigenvalue weighted by Crippen LogP contribution is -2.10. The van der Waals surface area contributed by atoms with Gasteiger partial charge in [-0.25, -0.2) is 4.79 Å². The van der Waals surface area contributed by atoms with Crippen molar-refractivity contribution in [1.82, 2.24) is 0 Å². The zero-order valence-corrected chi connectivity index (χ0v) is 6.93. The number of nitrogen functional groups attached to an aromatic ring is 1. The summed E-state index contributed by atoms with van der Waals surface area (Å²) in [6.45, 7) is 0. The number of hydrogen-bond donors (Lipinski definition) is 3. The van der Waals surface area contributed by atoms with Gasteiger partial charge < -0.3 is 10.5 Å². The lowest BCUT2D eigenvalue weighted by atomic mass is 10.2. The average Bonchev–Trinajstić information content (AvgIpc) is 2.16. The maximum Gasteiger partial charge on any atom is 0.335 e. The highest BCUT2D eigenvalue weighted by Crippen LogP contribution is 2.24. The second kappa shape index (κ2) is 3.71. The van der Waals surface area contributed by atoms with Crippen molar-refractivity contribution in [2.24, 2.45) is 5.84 Å². The van der Waals surface area contributed by atoms with Gasteiger partial charge in [-0.3, -0.25) is 16.0 Å². The molecule has 0 aliphatic heterocycles. The van der Waals surface area contributed by atoms with Crippen molar-refractivity contribution in [3.05, 3.63) is 33.9 Å². The summed E-state index contributed by atoms with van der Waals surface area (Å²) in [7, 11) is 0. The molecule has 0 saturated heterocycles. The molecule has 4 N–H and O–H groups in total. The number of nitro benzene ring substituents is 1. The molecule has 0 heterocycles. The molecule has 1 aromatic rings. The minimum Gasteiger partial charge on any atom is -0.478 e. The summed E-state index contributed by atoms with van der Waals surface area (Å²) >= 11 is 0. The van der Waals surface area contributed by atoms with E-state index >= 15 is 0 Å². The number of nitrogens with one attached hydrogen (secondary N) is 1. The highest BCUT2D eigenvalue weighted by atomic mass is 16.6. The van der Waals surface area contributed by atoms with E-state index in [0.717, 1.165) is 18.2 Å². The molecule has 0 spiro atoms. The minimum atomic E-state index is -1.17. The van der Waals surface area contributed by atoms with Crippen LogP contribution in [0.15, 0.2) is 18.2 Å². The van der Waals surface area contributed by atoms with Gasteiger partial charge in [-0.15, -0.1) is 0 Å². The van der Waals surface area contributed by atoms with E-state index in [1.807, 2.05) is 0 Å². The first-order valence-electron chi connectivity index (χ1n) is 3.54. The standard InChI is InChI=1S/C7H7N3O4/c8-9-5-3-4(7(11)12)1-2-6(5)10(13)14/h1-3,9H,8H2,(H,11,12). The van der Waals surface area contributed by atoms with E-state index in [2.05, 4.69) is 5.43 Å². The van der Waals surface area contributed by atoms with Crippen LogP contribution in [0.2, 0.25) is 0 Å². The van der Waals surface area contributed by atoms with Gasteiger partial charge in [-0.1, -0.05) is 0 Å². The van der Waals surface area contributed by atoms with E-state index in [-0.39, 0.29) is 16.9 Å². The fourth-order valence-corrected chi connectivity index (χ4v) is 0.944. The number of hydrogen-bond acceptors (Lipinski definition) is 5. The molecular formula is C7H7N3O4. The second-order valence-corrected chi connectivity index (χ2v) is 2.44. The van der Waals surface area contributed by atoms with E-state index in [1.54, 1.807) is 0 Å². The number of carboxylic acids is 1. The maximum absolute atomic E-state index is 10.5. The molecule has 7 heteroatoms. The van der Waals surface area contributed by atoms with Crippen molar-refractivity contribution in [1.29, 1.82) is 0 Å². The van der Waals surface area contributed by atoms with Crippen LogP contribution in [0.25, 0.3) is 0 Å². The fourth-order valence-electron chi connectivity index (χ4n) is 0.944. The van der Waals surface area contributed by atoms with Gasteiger partial charge in [0.1, 0.15) is 5.69 Å². The van der Waals surface area contributed by atoms with E-state index in [0.29, 0.717) is 0 Å². The summed E-state index contributed by atoms with van der Waals surface area (Å²) in [5, 5.41) is 19.0. The molecule has 1 aromatic carbocycles. The van der Waals surface area contributed by atoms with Gasteiger partial charge in [-0.05, 0) is 12.1 Å². The Kier molecular flexibility index (Phi) is 2.63. The summed E-state index contributed by atoms with van der Waals surface area (Å²) in [4.78, 5) is 20.3. The van der Waals surface area contributed by atoms with Crippen LogP contribution in [-0.2, 0) is 0 Å². The largest absolute Gasteiger partial charge is 0.478 e. The van der Waals surface area contributed by atoms with Gasteiger partial charge in [0, 0.05) is 6.07 Å². The molecule has 0 aliphatic carbocycles. The fraction of sp³-hybridized carbons (Fsp3) is 0. The van der Waals surface area contributed by atoms with Crippen LogP contribution < -0.4 is 11.3 Å². The topological polar surface area (TPSA) is 118 Å². The smallest absolute Gasteiger partial charge is 0.335 e. The van der Waals surface area contributed by atoms with Crippen molar-refractivity contribution in [2.75, 3.05) is 5.43 Å². The number of carboxylic acid groups (broad SMARTS) is 1. The number of carbonyl (C=O) groups is 1. The summed E-state index contributed by atoms with van der Waals surface area (Å²) in [5.41, 5.74) is 1.70. The lowest BCUT2D eigenvalue weighted by Gasteiger charge is -2.02. The molecule has 0 amide bonds. The Balaban J connectivity index is 3.25. The second-order valence-electron chi connectivity index (χ2n) is 2.44. The SMILES string of the molecule is NNc1cc(C(=O)O)ccc1[N+](=O)[O-]. The molecule has 0 saturated carbocycles. The Morgan fingerprint density at radius 1 is 1.57 bits per heavy atom. The van der Waals surface area contributed by atoms with Crippen molar-refractivity contribution in [3.8, 4) is 0 Å². The number of hydrazine groups is 1. The van der Waals surface area contributed by atoms with Crippen molar-refractivity contribution < 1.29 is 14.8 Å². The molecule has 1 rings (SSSR count). The number of rotatable bonds is 3. The van der Waals surface area contributed by atoms with Gasteiger partial charge in [0.15, 0.2) is 0 Å². The molecule has 0 radical (unpaired) electrons. The molecule has 0 aliphatic rings. The lowest BCUT2D eigenvalue weighted by molar-refractivity contribution is -0.384. The number of benzene rings is 1. The zero-order valence-electron chi connectivity index (χ0n) is 6.93. The zero-order chi connectivity index (χ0) is 10.7. The van der Waals surface area contributed by atoms with E-state index in [9.17, 15) is 14.9 Å². The van der Waals surface area contributed by atoms with Gasteiger partial charge in [0.25, 0.3) is 5.69 Å². The molecule has 0 fully saturated rings. The Hall–Kier alpha value is -2.15. The van der Waals surface area contributed by atoms with Gasteiger partial charge >= 0.3 is 5.97 Å². The quantitative estimate of drug-likeness (QED) is 0.370. The van der Waals surface area contributed by atoms with Gasteiger partial charge in [0.2, 0.25) is 0 Å². The summed E-state index contributed by atoms with van der Waals surface area (Å²) in [6, 6.07) is 3.32. The van der Waals surface area contributed by atoms with Crippen molar-refractivity contribution in [2.45, 2.75) is 0 Å². The third-order valence-corrected chi connectivity index (χ3v) is 1.60. The normalized spacial score (nSPS) is 9.50. The number of nitro groups is 1. The van der Waals surface area contributed by atoms with E-state index in [4.69, 9.17) is 10.9 Å².